The number of benzene rings is 1. The molecule has 4 nitrogen and oxygen atoms in total. The molecule has 2 heterocycles. The van der Waals surface area contributed by atoms with Crippen molar-refractivity contribution in [3.63, 3.8) is 0 Å². The number of hydrogen-bond donors (Lipinski definition) is 1. The first-order chi connectivity index (χ1) is 10.8. The predicted octanol–water partition coefficient (Wildman–Crippen LogP) is 3.10. The lowest BCUT2D eigenvalue weighted by molar-refractivity contribution is -0.169. The Balaban J connectivity index is 1.45. The van der Waals surface area contributed by atoms with Crippen LogP contribution in [-0.4, -0.2) is 37.2 Å². The maximum atomic E-state index is 10.3. The molecule has 1 aromatic rings. The molecule has 1 aromatic carbocycles. The number of hydrogen-bond acceptors (Lipinski definition) is 4. The quantitative estimate of drug-likeness (QED) is 0.865. The van der Waals surface area contributed by atoms with Gasteiger partial charge in [0.2, 0.25) is 0 Å². The Morgan fingerprint density at radius 3 is 2.41 bits per heavy atom. The Labute approximate surface area is 131 Å². The second kappa shape index (κ2) is 4.62. The summed E-state index contributed by atoms with van der Waals surface area (Å²) in [6.07, 6.45) is 5.66. The second-order valence-corrected chi connectivity index (χ2v) is 7.23. The summed E-state index contributed by atoms with van der Waals surface area (Å²) in [6.45, 7) is 3.43. The standard InChI is InChI=1S/C18H23NO3/c20-15-4-3-14(16-12-1-2-13(11-12)17(15)16)19-7-5-18(6-8-19)21-9-10-22-18/h3-4,12-13,20H,1-2,5-11H2. The number of nitrogens with zero attached hydrogens (tertiary/aromatic N) is 1. The number of fused-ring (bicyclic) bond motifs is 5. The molecule has 1 spiro atoms. The van der Waals surface area contributed by atoms with Crippen molar-refractivity contribution in [2.75, 3.05) is 31.2 Å². The molecule has 3 fully saturated rings. The van der Waals surface area contributed by atoms with E-state index in [0.717, 1.165) is 39.1 Å². The van der Waals surface area contributed by atoms with E-state index in [4.69, 9.17) is 9.47 Å². The van der Waals surface area contributed by atoms with Gasteiger partial charge in [0.1, 0.15) is 5.75 Å². The molecule has 2 saturated heterocycles. The van der Waals surface area contributed by atoms with Gasteiger partial charge in [-0.05, 0) is 48.8 Å². The Morgan fingerprint density at radius 2 is 1.68 bits per heavy atom. The van der Waals surface area contributed by atoms with Gasteiger partial charge in [0, 0.05) is 37.2 Å². The topological polar surface area (TPSA) is 41.9 Å². The van der Waals surface area contributed by atoms with E-state index < -0.39 is 0 Å². The molecule has 5 rings (SSSR count). The van der Waals surface area contributed by atoms with Crippen molar-refractivity contribution in [1.82, 2.24) is 0 Å². The fourth-order valence-corrected chi connectivity index (χ4v) is 5.13. The predicted molar refractivity (Wildman–Crippen MR) is 83.5 cm³/mol. The average molecular weight is 301 g/mol. The van der Waals surface area contributed by atoms with Gasteiger partial charge in [-0.3, -0.25) is 0 Å². The van der Waals surface area contributed by atoms with Crippen molar-refractivity contribution < 1.29 is 14.6 Å². The first-order valence-corrected chi connectivity index (χ1v) is 8.64. The van der Waals surface area contributed by atoms with Crippen LogP contribution < -0.4 is 4.90 Å². The lowest BCUT2D eigenvalue weighted by atomic mass is 9.88. The van der Waals surface area contributed by atoms with Crippen LogP contribution in [-0.2, 0) is 9.47 Å². The molecule has 1 N–H and O–H groups in total. The maximum absolute atomic E-state index is 10.3. The smallest absolute Gasteiger partial charge is 0.171 e. The summed E-state index contributed by atoms with van der Waals surface area (Å²) in [7, 11) is 0. The molecule has 2 aliphatic carbocycles. The number of phenols is 1. The Morgan fingerprint density at radius 1 is 1.00 bits per heavy atom. The summed E-state index contributed by atoms with van der Waals surface area (Å²) in [6, 6.07) is 4.03. The normalized spacial score (nSPS) is 31.9. The van der Waals surface area contributed by atoms with E-state index in [1.165, 1.54) is 36.1 Å². The van der Waals surface area contributed by atoms with Crippen LogP contribution in [0.4, 0.5) is 5.69 Å². The second-order valence-electron chi connectivity index (χ2n) is 7.23. The third kappa shape index (κ3) is 1.77. The summed E-state index contributed by atoms with van der Waals surface area (Å²) >= 11 is 0. The van der Waals surface area contributed by atoms with Crippen molar-refractivity contribution >= 4 is 5.69 Å². The molecule has 0 amide bonds. The molecular weight excluding hydrogens is 278 g/mol. The van der Waals surface area contributed by atoms with Crippen LogP contribution in [0.15, 0.2) is 12.1 Å². The maximum Gasteiger partial charge on any atom is 0.171 e. The minimum Gasteiger partial charge on any atom is -0.508 e. The third-order valence-electron chi connectivity index (χ3n) is 6.17. The first kappa shape index (κ1) is 13.2. The largest absolute Gasteiger partial charge is 0.508 e. The van der Waals surface area contributed by atoms with Gasteiger partial charge in [-0.15, -0.1) is 0 Å². The highest BCUT2D eigenvalue weighted by Gasteiger charge is 2.43. The highest BCUT2D eigenvalue weighted by Crippen LogP contribution is 2.58. The summed E-state index contributed by atoms with van der Waals surface area (Å²) in [5.74, 6) is 1.46. The summed E-state index contributed by atoms with van der Waals surface area (Å²) in [5.41, 5.74) is 4.05. The SMILES string of the molecule is Oc1ccc(N2CCC3(CC2)OCCO3)c2c1C1CCC2C1. The zero-order chi connectivity index (χ0) is 14.7. The highest BCUT2D eigenvalue weighted by molar-refractivity contribution is 5.66. The minimum absolute atomic E-state index is 0.310. The molecule has 1 saturated carbocycles. The van der Waals surface area contributed by atoms with Crippen LogP contribution in [0.25, 0.3) is 0 Å². The van der Waals surface area contributed by atoms with Gasteiger partial charge >= 0.3 is 0 Å². The molecule has 2 unspecified atom stereocenters. The Kier molecular flexibility index (Phi) is 2.77. The molecule has 2 atom stereocenters. The first-order valence-electron chi connectivity index (χ1n) is 8.64. The zero-order valence-corrected chi connectivity index (χ0v) is 12.9. The van der Waals surface area contributed by atoms with Crippen LogP contribution in [0.2, 0.25) is 0 Å². The van der Waals surface area contributed by atoms with Crippen LogP contribution in [0, 0.1) is 0 Å². The van der Waals surface area contributed by atoms with E-state index in [2.05, 4.69) is 11.0 Å². The lowest BCUT2D eigenvalue weighted by Gasteiger charge is -2.40. The molecule has 118 valence electrons. The van der Waals surface area contributed by atoms with Crippen LogP contribution in [0.1, 0.15) is 55.1 Å². The molecular formula is C18H23NO3. The van der Waals surface area contributed by atoms with Gasteiger partial charge in [-0.25, -0.2) is 0 Å². The number of anilines is 1. The van der Waals surface area contributed by atoms with Gasteiger partial charge in [0.15, 0.2) is 5.79 Å². The van der Waals surface area contributed by atoms with E-state index in [0.29, 0.717) is 17.6 Å². The Hall–Kier alpha value is -1.26. The third-order valence-corrected chi connectivity index (χ3v) is 6.17. The van der Waals surface area contributed by atoms with Crippen molar-refractivity contribution in [3.8, 4) is 5.75 Å². The summed E-state index contributed by atoms with van der Waals surface area (Å²) in [4.78, 5) is 2.48. The molecule has 22 heavy (non-hydrogen) atoms. The minimum atomic E-state index is -0.310. The summed E-state index contributed by atoms with van der Waals surface area (Å²) < 4.78 is 11.7. The number of aromatic hydroxyl groups is 1. The van der Waals surface area contributed by atoms with Crippen molar-refractivity contribution in [2.24, 2.45) is 0 Å². The fourth-order valence-electron chi connectivity index (χ4n) is 5.13. The lowest BCUT2D eigenvalue weighted by Crippen LogP contribution is -2.45. The van der Waals surface area contributed by atoms with Crippen molar-refractivity contribution in [2.45, 2.75) is 49.7 Å². The van der Waals surface area contributed by atoms with E-state index in [9.17, 15) is 5.11 Å². The highest BCUT2D eigenvalue weighted by atomic mass is 16.7. The molecule has 4 heteroatoms. The van der Waals surface area contributed by atoms with E-state index >= 15 is 0 Å². The zero-order valence-electron chi connectivity index (χ0n) is 12.9. The average Bonchev–Trinajstić information content (AvgIpc) is 3.26. The number of rotatable bonds is 1. The van der Waals surface area contributed by atoms with E-state index in [1.807, 2.05) is 6.07 Å². The fraction of sp³-hybridized carbons (Fsp3) is 0.667. The van der Waals surface area contributed by atoms with E-state index in [1.54, 1.807) is 0 Å². The van der Waals surface area contributed by atoms with Gasteiger partial charge < -0.3 is 19.5 Å². The van der Waals surface area contributed by atoms with Gasteiger partial charge in [-0.1, -0.05) is 0 Å². The molecule has 2 bridgehead atoms. The van der Waals surface area contributed by atoms with Crippen LogP contribution >= 0.6 is 0 Å². The Bertz CT molecular complexity index is 599. The van der Waals surface area contributed by atoms with Crippen LogP contribution in [0.3, 0.4) is 0 Å². The van der Waals surface area contributed by atoms with Gasteiger partial charge in [-0.2, -0.15) is 0 Å². The number of piperidine rings is 1. The monoisotopic (exact) mass is 301 g/mol. The summed E-state index contributed by atoms with van der Waals surface area (Å²) in [5, 5.41) is 10.3. The molecule has 4 aliphatic rings. The molecule has 0 radical (unpaired) electrons. The van der Waals surface area contributed by atoms with Crippen molar-refractivity contribution in [1.29, 1.82) is 0 Å². The molecule has 0 aromatic heterocycles. The van der Waals surface area contributed by atoms with Gasteiger partial charge in [0.25, 0.3) is 0 Å². The van der Waals surface area contributed by atoms with Crippen LogP contribution in [0.5, 0.6) is 5.75 Å². The molecule has 2 aliphatic heterocycles. The van der Waals surface area contributed by atoms with E-state index in [-0.39, 0.29) is 5.79 Å². The van der Waals surface area contributed by atoms with Gasteiger partial charge in [0.05, 0.1) is 13.2 Å². The van der Waals surface area contributed by atoms with Crippen molar-refractivity contribution in [3.05, 3.63) is 23.3 Å². The number of ether oxygens (including phenoxy) is 2. The number of phenolic OH excluding ortho intramolecular Hbond substituents is 1.